The number of ether oxygens (including phenoxy) is 1. The Morgan fingerprint density at radius 3 is 2.59 bits per heavy atom. The van der Waals surface area contributed by atoms with Crippen molar-refractivity contribution >= 4 is 29.4 Å². The van der Waals surface area contributed by atoms with Gasteiger partial charge in [0.1, 0.15) is 0 Å². The first-order valence-corrected chi connectivity index (χ1v) is 15.3. The number of benzene rings is 1. The van der Waals surface area contributed by atoms with Crippen LogP contribution in [-0.2, 0) is 6.54 Å². The number of carbonyl (C=O) groups excluding carboxylic acids is 2. The van der Waals surface area contributed by atoms with E-state index in [-0.39, 0.29) is 11.8 Å². The number of pyridine rings is 1. The third-order valence-electron chi connectivity index (χ3n) is 8.09. The number of carbonyl (C=O) groups is 2. The number of tetrazole rings is 1. The van der Waals surface area contributed by atoms with E-state index in [9.17, 15) is 9.59 Å². The molecule has 2 saturated heterocycles. The van der Waals surface area contributed by atoms with E-state index in [1.165, 1.54) is 37.4 Å². The monoisotopic (exact) mass is 578 g/mol. The van der Waals surface area contributed by atoms with Gasteiger partial charge in [-0.3, -0.25) is 9.69 Å². The summed E-state index contributed by atoms with van der Waals surface area (Å²) in [6.07, 6.45) is 7.85. The van der Waals surface area contributed by atoms with Crippen molar-refractivity contribution < 1.29 is 14.3 Å². The predicted octanol–water partition coefficient (Wildman–Crippen LogP) is 5.00. The van der Waals surface area contributed by atoms with Gasteiger partial charge in [0.2, 0.25) is 11.0 Å². The molecule has 218 valence electrons. The number of piperidine rings is 2. The summed E-state index contributed by atoms with van der Waals surface area (Å²) in [4.78, 5) is 34.0. The molecule has 2 N–H and O–H groups in total. The summed E-state index contributed by atoms with van der Waals surface area (Å²) in [5.41, 5.74) is 2.34. The lowest BCUT2D eigenvalue weighted by Crippen LogP contribution is -2.41. The molecule has 2 aliphatic rings. The number of rotatable bonds is 9. The lowest BCUT2D eigenvalue weighted by Gasteiger charge is -2.35. The Balaban J connectivity index is 1.06. The standard InChI is InChI=1S/C29H38N8O3S/c1-3-25-6-4-5-15-37(25)19-21-7-9-23(10-8-21)27(38)31-24-11-12-26(30-18-24)40-29(39)36-16-13-22(14-17-36)20(2)41-28-32-34-35-33-28/h7-12,18,20,22,25H,3-6,13-17,19H2,1-2H3,(H,31,38)(H,32,33,34,35). The number of hydrogen-bond donors (Lipinski definition) is 2. The first kappa shape index (κ1) is 29.0. The van der Waals surface area contributed by atoms with E-state index in [1.807, 2.05) is 24.3 Å². The van der Waals surface area contributed by atoms with Crippen LogP contribution >= 0.6 is 11.8 Å². The van der Waals surface area contributed by atoms with Gasteiger partial charge in [-0.25, -0.2) is 14.9 Å². The first-order chi connectivity index (χ1) is 20.0. The average Bonchev–Trinajstić information content (AvgIpc) is 3.52. The molecule has 2 aromatic heterocycles. The molecule has 4 heterocycles. The van der Waals surface area contributed by atoms with Crippen LogP contribution in [-0.4, -0.2) is 78.3 Å². The Morgan fingerprint density at radius 2 is 1.90 bits per heavy atom. The molecule has 12 heteroatoms. The number of H-pyrrole nitrogens is 1. The zero-order valence-corrected chi connectivity index (χ0v) is 24.5. The number of amides is 2. The number of nitrogens with one attached hydrogen (secondary N) is 2. The number of aromatic nitrogens is 5. The summed E-state index contributed by atoms with van der Waals surface area (Å²) in [5, 5.41) is 17.8. The van der Waals surface area contributed by atoms with Crippen LogP contribution in [0.25, 0.3) is 0 Å². The van der Waals surface area contributed by atoms with Crippen LogP contribution in [0.1, 0.15) is 68.3 Å². The smallest absolute Gasteiger partial charge is 0.391 e. The summed E-state index contributed by atoms with van der Waals surface area (Å²) in [5.74, 6) is 0.445. The summed E-state index contributed by atoms with van der Waals surface area (Å²) >= 11 is 1.61. The topological polar surface area (TPSA) is 129 Å². The van der Waals surface area contributed by atoms with Crippen molar-refractivity contribution in [2.45, 2.75) is 75.4 Å². The molecule has 1 aromatic carbocycles. The number of likely N-dealkylation sites (tertiary alicyclic amines) is 2. The molecule has 41 heavy (non-hydrogen) atoms. The third-order valence-corrected chi connectivity index (χ3v) is 9.25. The summed E-state index contributed by atoms with van der Waals surface area (Å²) in [6.45, 7) is 7.71. The van der Waals surface area contributed by atoms with Crippen molar-refractivity contribution in [1.29, 1.82) is 0 Å². The molecule has 0 spiro atoms. The second-order valence-electron chi connectivity index (χ2n) is 10.8. The van der Waals surface area contributed by atoms with Crippen molar-refractivity contribution in [3.63, 3.8) is 0 Å². The molecule has 2 fully saturated rings. The van der Waals surface area contributed by atoms with E-state index >= 15 is 0 Å². The fourth-order valence-electron chi connectivity index (χ4n) is 5.62. The van der Waals surface area contributed by atoms with Gasteiger partial charge in [0.15, 0.2) is 0 Å². The number of nitrogens with zero attached hydrogens (tertiary/aromatic N) is 6. The Morgan fingerprint density at radius 1 is 1.10 bits per heavy atom. The normalized spacial score (nSPS) is 19.1. The maximum Gasteiger partial charge on any atom is 0.416 e. The quantitative estimate of drug-likeness (QED) is 0.337. The van der Waals surface area contributed by atoms with Crippen molar-refractivity contribution in [1.82, 2.24) is 35.4 Å². The third kappa shape index (κ3) is 7.82. The predicted molar refractivity (Wildman–Crippen MR) is 157 cm³/mol. The summed E-state index contributed by atoms with van der Waals surface area (Å²) in [6, 6.07) is 11.7. The molecule has 0 saturated carbocycles. The highest BCUT2D eigenvalue weighted by Gasteiger charge is 2.28. The highest BCUT2D eigenvalue weighted by molar-refractivity contribution is 7.99. The van der Waals surface area contributed by atoms with Crippen LogP contribution in [0, 0.1) is 5.92 Å². The van der Waals surface area contributed by atoms with E-state index in [2.05, 4.69) is 49.7 Å². The summed E-state index contributed by atoms with van der Waals surface area (Å²) < 4.78 is 5.49. The maximum atomic E-state index is 12.8. The van der Waals surface area contributed by atoms with Crippen LogP contribution in [0.4, 0.5) is 10.5 Å². The van der Waals surface area contributed by atoms with Crippen molar-refractivity contribution in [2.75, 3.05) is 25.0 Å². The van der Waals surface area contributed by atoms with Gasteiger partial charge in [-0.05, 0) is 78.8 Å². The van der Waals surface area contributed by atoms with E-state index in [0.29, 0.717) is 46.7 Å². The Kier molecular flexibility index (Phi) is 9.84. The number of aromatic amines is 1. The number of hydrogen-bond acceptors (Lipinski definition) is 9. The van der Waals surface area contributed by atoms with Gasteiger partial charge in [-0.1, -0.05) is 44.2 Å². The zero-order chi connectivity index (χ0) is 28.6. The fraction of sp³-hybridized carbons (Fsp3) is 0.517. The second kappa shape index (κ2) is 13.9. The van der Waals surface area contributed by atoms with Gasteiger partial charge in [-0.2, -0.15) is 0 Å². The van der Waals surface area contributed by atoms with Crippen molar-refractivity contribution in [2.24, 2.45) is 5.92 Å². The molecule has 2 aliphatic heterocycles. The van der Waals surface area contributed by atoms with Crippen LogP contribution in [0.15, 0.2) is 47.8 Å². The highest BCUT2D eigenvalue weighted by Crippen LogP contribution is 2.31. The molecular formula is C29H38N8O3S. The minimum Gasteiger partial charge on any atom is -0.391 e. The molecule has 0 bridgehead atoms. The van der Waals surface area contributed by atoms with Crippen LogP contribution in [0.5, 0.6) is 5.88 Å². The van der Waals surface area contributed by atoms with Gasteiger partial charge in [0.25, 0.3) is 5.91 Å². The number of thioether (sulfide) groups is 1. The molecule has 0 radical (unpaired) electrons. The zero-order valence-electron chi connectivity index (χ0n) is 23.7. The van der Waals surface area contributed by atoms with Gasteiger partial charge >= 0.3 is 6.09 Å². The molecule has 2 unspecified atom stereocenters. The van der Waals surface area contributed by atoms with E-state index in [0.717, 1.165) is 25.9 Å². The summed E-state index contributed by atoms with van der Waals surface area (Å²) in [7, 11) is 0. The molecule has 2 amide bonds. The van der Waals surface area contributed by atoms with E-state index in [1.54, 1.807) is 28.8 Å². The molecule has 11 nitrogen and oxygen atoms in total. The molecule has 3 aromatic rings. The van der Waals surface area contributed by atoms with Crippen LogP contribution in [0.2, 0.25) is 0 Å². The van der Waals surface area contributed by atoms with E-state index < -0.39 is 6.09 Å². The van der Waals surface area contributed by atoms with Gasteiger partial charge in [0, 0.05) is 42.6 Å². The minimum atomic E-state index is -0.414. The molecule has 0 aliphatic carbocycles. The molecule has 2 atom stereocenters. The maximum absolute atomic E-state index is 12.8. The molecular weight excluding hydrogens is 540 g/mol. The van der Waals surface area contributed by atoms with Gasteiger partial charge < -0.3 is 15.0 Å². The van der Waals surface area contributed by atoms with Crippen LogP contribution < -0.4 is 10.1 Å². The molecule has 5 rings (SSSR count). The minimum absolute atomic E-state index is 0.198. The van der Waals surface area contributed by atoms with Crippen molar-refractivity contribution in [3.05, 3.63) is 53.7 Å². The SMILES string of the molecule is CCC1CCCCN1Cc1ccc(C(=O)Nc2ccc(OC(=O)N3CCC(C(C)Sc4nnn[nH]4)CC3)nc2)cc1. The largest absolute Gasteiger partial charge is 0.416 e. The lowest BCUT2D eigenvalue weighted by atomic mass is 9.94. The van der Waals surface area contributed by atoms with Crippen LogP contribution in [0.3, 0.4) is 0 Å². The Labute approximate surface area is 244 Å². The fourth-order valence-corrected chi connectivity index (χ4v) is 6.62. The average molecular weight is 579 g/mol. The Bertz CT molecular complexity index is 1260. The lowest BCUT2D eigenvalue weighted by molar-refractivity contribution is 0.102. The Hall–Kier alpha value is -3.51. The van der Waals surface area contributed by atoms with Gasteiger partial charge in [-0.15, -0.1) is 5.10 Å². The second-order valence-corrected chi connectivity index (χ2v) is 12.2. The van der Waals surface area contributed by atoms with Gasteiger partial charge in [0.05, 0.1) is 11.9 Å². The van der Waals surface area contributed by atoms with Crippen molar-refractivity contribution in [3.8, 4) is 5.88 Å². The highest BCUT2D eigenvalue weighted by atomic mass is 32.2. The number of anilines is 1. The van der Waals surface area contributed by atoms with E-state index in [4.69, 9.17) is 4.74 Å². The first-order valence-electron chi connectivity index (χ1n) is 14.5.